The van der Waals surface area contributed by atoms with Crippen LogP contribution in [0.25, 0.3) is 6.08 Å². The highest BCUT2D eigenvalue weighted by Crippen LogP contribution is 2.37. The summed E-state index contributed by atoms with van der Waals surface area (Å²) in [4.78, 5) is 11.9. The molecule has 0 aliphatic heterocycles. The van der Waals surface area contributed by atoms with Crippen molar-refractivity contribution in [1.29, 1.82) is 0 Å². The monoisotopic (exact) mass is 274 g/mol. The summed E-state index contributed by atoms with van der Waals surface area (Å²) < 4.78 is 13.0. The minimum Gasteiger partial charge on any atom is -0.504 e. The average molecular weight is 274 g/mol. The van der Waals surface area contributed by atoms with Crippen LogP contribution in [0, 0.1) is 5.82 Å². The minimum atomic E-state index is -0.755. The van der Waals surface area contributed by atoms with Crippen LogP contribution in [0.2, 0.25) is 0 Å². The molecule has 0 aliphatic carbocycles. The Kier molecular flexibility index (Phi) is 3.70. The summed E-state index contributed by atoms with van der Waals surface area (Å²) in [5, 5.41) is 28.1. The van der Waals surface area contributed by atoms with Gasteiger partial charge in [-0.3, -0.25) is 4.79 Å². The first-order valence-corrected chi connectivity index (χ1v) is 5.71. The molecule has 2 aromatic rings. The number of carbonyl (C=O) groups excluding carboxylic acids is 1. The molecule has 4 nitrogen and oxygen atoms in total. The molecule has 2 rings (SSSR count). The van der Waals surface area contributed by atoms with Crippen molar-refractivity contribution in [2.24, 2.45) is 0 Å². The molecule has 0 saturated heterocycles. The molecule has 0 atom stereocenters. The Morgan fingerprint density at radius 3 is 2.50 bits per heavy atom. The Morgan fingerprint density at radius 2 is 1.80 bits per heavy atom. The van der Waals surface area contributed by atoms with Gasteiger partial charge in [0.15, 0.2) is 17.3 Å². The van der Waals surface area contributed by atoms with E-state index in [1.54, 1.807) is 6.07 Å². The standard InChI is InChI=1S/C15H11FO4/c16-10-3-1-2-9(8-10)4-6-12(17)11-5-7-13(18)15(20)14(11)19/h1-8,18-20H. The van der Waals surface area contributed by atoms with Gasteiger partial charge in [-0.25, -0.2) is 4.39 Å². The second-order valence-corrected chi connectivity index (χ2v) is 4.08. The van der Waals surface area contributed by atoms with Crippen LogP contribution in [-0.2, 0) is 0 Å². The first kappa shape index (κ1) is 13.6. The van der Waals surface area contributed by atoms with E-state index < -0.39 is 28.8 Å². The van der Waals surface area contributed by atoms with Gasteiger partial charge in [-0.2, -0.15) is 0 Å². The summed E-state index contributed by atoms with van der Waals surface area (Å²) >= 11 is 0. The Labute approximate surface area is 114 Å². The summed E-state index contributed by atoms with van der Waals surface area (Å²) in [5.74, 6) is -2.98. The number of phenols is 3. The fraction of sp³-hybridized carbons (Fsp3) is 0. The van der Waals surface area contributed by atoms with Gasteiger partial charge in [-0.05, 0) is 35.9 Å². The van der Waals surface area contributed by atoms with Gasteiger partial charge in [0.05, 0.1) is 5.56 Å². The van der Waals surface area contributed by atoms with Crippen molar-refractivity contribution in [1.82, 2.24) is 0 Å². The lowest BCUT2D eigenvalue weighted by molar-refractivity contribution is 0.104. The topological polar surface area (TPSA) is 77.8 Å². The van der Waals surface area contributed by atoms with E-state index in [4.69, 9.17) is 5.11 Å². The van der Waals surface area contributed by atoms with E-state index in [1.807, 2.05) is 0 Å². The lowest BCUT2D eigenvalue weighted by Gasteiger charge is -2.04. The first-order valence-electron chi connectivity index (χ1n) is 5.71. The van der Waals surface area contributed by atoms with Gasteiger partial charge in [0.25, 0.3) is 0 Å². The molecule has 0 unspecified atom stereocenters. The third kappa shape index (κ3) is 2.77. The van der Waals surface area contributed by atoms with E-state index >= 15 is 0 Å². The predicted octanol–water partition coefficient (Wildman–Crippen LogP) is 2.84. The second-order valence-electron chi connectivity index (χ2n) is 4.08. The molecule has 0 aliphatic rings. The Balaban J connectivity index is 2.27. The van der Waals surface area contributed by atoms with Gasteiger partial charge >= 0.3 is 0 Å². The predicted molar refractivity (Wildman–Crippen MR) is 71.2 cm³/mol. The Morgan fingerprint density at radius 1 is 1.05 bits per heavy atom. The highest BCUT2D eigenvalue weighted by molar-refractivity contribution is 6.09. The molecule has 5 heteroatoms. The van der Waals surface area contributed by atoms with Crippen molar-refractivity contribution >= 4 is 11.9 Å². The third-order valence-corrected chi connectivity index (χ3v) is 2.67. The number of halogens is 1. The number of rotatable bonds is 3. The lowest BCUT2D eigenvalue weighted by Crippen LogP contribution is -1.95. The molecule has 0 heterocycles. The number of phenolic OH excluding ortho intramolecular Hbond substituents is 3. The second kappa shape index (κ2) is 5.44. The summed E-state index contributed by atoms with van der Waals surface area (Å²) in [6, 6.07) is 7.92. The SMILES string of the molecule is O=C(C=Cc1cccc(F)c1)c1ccc(O)c(O)c1O. The number of hydrogen-bond donors (Lipinski definition) is 3. The van der Waals surface area contributed by atoms with E-state index in [9.17, 15) is 19.4 Å². The van der Waals surface area contributed by atoms with Crippen LogP contribution in [-0.4, -0.2) is 21.1 Å². The average Bonchev–Trinajstić information content (AvgIpc) is 2.42. The number of aromatic hydroxyl groups is 3. The van der Waals surface area contributed by atoms with Gasteiger partial charge in [0.2, 0.25) is 5.75 Å². The molecule has 3 N–H and O–H groups in total. The van der Waals surface area contributed by atoms with E-state index in [0.717, 1.165) is 12.1 Å². The fourth-order valence-corrected chi connectivity index (χ4v) is 1.64. The van der Waals surface area contributed by atoms with E-state index in [-0.39, 0.29) is 5.56 Å². The van der Waals surface area contributed by atoms with Crippen LogP contribution in [0.4, 0.5) is 4.39 Å². The van der Waals surface area contributed by atoms with Gasteiger partial charge in [-0.1, -0.05) is 18.2 Å². The Hall–Kier alpha value is -2.82. The number of carbonyl (C=O) groups is 1. The normalized spacial score (nSPS) is 10.8. The van der Waals surface area contributed by atoms with Gasteiger partial charge in [-0.15, -0.1) is 0 Å². The Bertz CT molecular complexity index is 692. The number of ketones is 1. The molecule has 0 aromatic heterocycles. The summed E-state index contributed by atoms with van der Waals surface area (Å²) in [7, 11) is 0. The van der Waals surface area contributed by atoms with Crippen molar-refractivity contribution in [3.63, 3.8) is 0 Å². The molecule has 0 fully saturated rings. The fourth-order valence-electron chi connectivity index (χ4n) is 1.64. The first-order chi connectivity index (χ1) is 9.49. The molecule has 2 aromatic carbocycles. The van der Waals surface area contributed by atoms with Gasteiger partial charge < -0.3 is 15.3 Å². The summed E-state index contributed by atoms with van der Waals surface area (Å²) in [6.45, 7) is 0. The zero-order chi connectivity index (χ0) is 14.7. The maximum absolute atomic E-state index is 13.0. The van der Waals surface area contributed by atoms with E-state index in [0.29, 0.717) is 5.56 Å². The van der Waals surface area contributed by atoms with Crippen LogP contribution in [0.3, 0.4) is 0 Å². The molecule has 20 heavy (non-hydrogen) atoms. The number of benzene rings is 2. The molecule has 0 saturated carbocycles. The van der Waals surface area contributed by atoms with Crippen molar-refractivity contribution in [3.8, 4) is 17.2 Å². The quantitative estimate of drug-likeness (QED) is 0.457. The highest BCUT2D eigenvalue weighted by Gasteiger charge is 2.15. The largest absolute Gasteiger partial charge is 0.504 e. The maximum Gasteiger partial charge on any atom is 0.201 e. The summed E-state index contributed by atoms with van der Waals surface area (Å²) in [6.07, 6.45) is 2.52. The molecular weight excluding hydrogens is 263 g/mol. The zero-order valence-corrected chi connectivity index (χ0v) is 10.2. The zero-order valence-electron chi connectivity index (χ0n) is 10.2. The van der Waals surface area contributed by atoms with Crippen LogP contribution in [0.1, 0.15) is 15.9 Å². The van der Waals surface area contributed by atoms with Gasteiger partial charge in [0.1, 0.15) is 5.82 Å². The van der Waals surface area contributed by atoms with Crippen LogP contribution < -0.4 is 0 Å². The van der Waals surface area contributed by atoms with Crippen molar-refractivity contribution < 1.29 is 24.5 Å². The highest BCUT2D eigenvalue weighted by atomic mass is 19.1. The molecule has 102 valence electrons. The molecule has 0 bridgehead atoms. The molecule has 0 radical (unpaired) electrons. The van der Waals surface area contributed by atoms with Crippen molar-refractivity contribution in [2.75, 3.05) is 0 Å². The van der Waals surface area contributed by atoms with Gasteiger partial charge in [0, 0.05) is 0 Å². The van der Waals surface area contributed by atoms with E-state index in [2.05, 4.69) is 0 Å². The van der Waals surface area contributed by atoms with Crippen LogP contribution in [0.5, 0.6) is 17.2 Å². The summed E-state index contributed by atoms with van der Waals surface area (Å²) in [5.41, 5.74) is 0.328. The molecular formula is C15H11FO4. The van der Waals surface area contributed by atoms with E-state index in [1.165, 1.54) is 30.3 Å². The number of hydrogen-bond acceptors (Lipinski definition) is 4. The molecule has 0 amide bonds. The lowest BCUT2D eigenvalue weighted by atomic mass is 10.1. The molecule has 0 spiro atoms. The smallest absolute Gasteiger partial charge is 0.201 e. The van der Waals surface area contributed by atoms with Crippen LogP contribution in [0.15, 0.2) is 42.5 Å². The van der Waals surface area contributed by atoms with Crippen LogP contribution >= 0.6 is 0 Å². The third-order valence-electron chi connectivity index (χ3n) is 2.67. The van der Waals surface area contributed by atoms with Crippen molar-refractivity contribution in [2.45, 2.75) is 0 Å². The number of allylic oxidation sites excluding steroid dienone is 1. The van der Waals surface area contributed by atoms with Crippen molar-refractivity contribution in [3.05, 3.63) is 59.4 Å². The minimum absolute atomic E-state index is 0.159. The maximum atomic E-state index is 13.0.